The van der Waals surface area contributed by atoms with Crippen LogP contribution in [-0.4, -0.2) is 56.5 Å². The number of thiazole rings is 1. The molecule has 0 saturated carbocycles. The summed E-state index contributed by atoms with van der Waals surface area (Å²) in [6, 6.07) is 0. The average molecular weight is 497 g/mol. The van der Waals surface area contributed by atoms with Crippen molar-refractivity contribution in [3.63, 3.8) is 0 Å². The van der Waals surface area contributed by atoms with Crippen molar-refractivity contribution in [1.82, 2.24) is 9.88 Å². The van der Waals surface area contributed by atoms with E-state index in [1.165, 1.54) is 23.1 Å². The van der Waals surface area contributed by atoms with Crippen LogP contribution in [0.25, 0.3) is 0 Å². The molecule has 3 aliphatic heterocycles. The van der Waals surface area contributed by atoms with E-state index in [9.17, 15) is 9.59 Å². The van der Waals surface area contributed by atoms with Crippen LogP contribution in [0, 0.1) is 5.92 Å². The van der Waals surface area contributed by atoms with E-state index in [4.69, 9.17) is 24.2 Å². The number of rotatable bonds is 1. The molecule has 4 heterocycles. The van der Waals surface area contributed by atoms with Gasteiger partial charge in [-0.1, -0.05) is 18.7 Å². The first-order valence-electron chi connectivity index (χ1n) is 11.1. The van der Waals surface area contributed by atoms with Gasteiger partial charge in [0.25, 0.3) is 0 Å². The molecule has 1 saturated heterocycles. The van der Waals surface area contributed by atoms with Crippen LogP contribution in [0.1, 0.15) is 66.3 Å². The van der Waals surface area contributed by atoms with Gasteiger partial charge in [-0.2, -0.15) is 4.90 Å². The Morgan fingerprint density at radius 3 is 2.76 bits per heavy atom. The molecule has 0 aromatic carbocycles. The minimum absolute atomic E-state index is 0.134. The summed E-state index contributed by atoms with van der Waals surface area (Å²) in [5.41, 5.74) is -2.96. The molecule has 3 atom stereocenters. The molecular formula is C22H32N4O5S2. The normalized spacial score (nSPS) is 31.4. The van der Waals surface area contributed by atoms with Crippen molar-refractivity contribution >= 4 is 46.3 Å². The molecule has 0 aliphatic carbocycles. The topological polar surface area (TPSA) is 102 Å². The van der Waals surface area contributed by atoms with Crippen molar-refractivity contribution in [2.45, 2.75) is 83.8 Å². The van der Waals surface area contributed by atoms with E-state index in [1.807, 2.05) is 5.38 Å². The summed E-state index contributed by atoms with van der Waals surface area (Å²) >= 11 is 2.86. The summed E-state index contributed by atoms with van der Waals surface area (Å²) in [6.07, 6.45) is 0.0119. The number of ether oxygens (including phenoxy) is 3. The highest BCUT2D eigenvalue weighted by molar-refractivity contribution is 8.13. The largest absolute Gasteiger partial charge is 0.443 e. The molecule has 1 aromatic heterocycles. The fourth-order valence-corrected chi connectivity index (χ4v) is 6.37. The molecule has 1 fully saturated rings. The van der Waals surface area contributed by atoms with Gasteiger partial charge in [0.05, 0.1) is 12.2 Å². The number of imide groups is 1. The van der Waals surface area contributed by atoms with Crippen LogP contribution in [0.5, 0.6) is 0 Å². The number of nitrogens with one attached hydrogen (secondary N) is 1. The van der Waals surface area contributed by atoms with Crippen molar-refractivity contribution in [2.75, 3.05) is 17.7 Å². The third-order valence-corrected chi connectivity index (χ3v) is 8.16. The number of amides is 2. The number of carbonyl (C=O) groups excluding carboxylic acids is 2. The molecule has 182 valence electrons. The Morgan fingerprint density at radius 1 is 1.36 bits per heavy atom. The summed E-state index contributed by atoms with van der Waals surface area (Å²) in [5.74, 6) is 1.38. The van der Waals surface area contributed by atoms with E-state index in [-0.39, 0.29) is 16.7 Å². The van der Waals surface area contributed by atoms with Crippen molar-refractivity contribution in [1.29, 1.82) is 0 Å². The fourth-order valence-electron chi connectivity index (χ4n) is 4.16. The van der Waals surface area contributed by atoms with E-state index >= 15 is 0 Å². The smallest absolute Gasteiger partial charge is 0.427 e. The zero-order valence-corrected chi connectivity index (χ0v) is 21.8. The molecular weight excluding hydrogens is 464 g/mol. The lowest BCUT2D eigenvalue weighted by molar-refractivity contribution is -0.122. The summed E-state index contributed by atoms with van der Waals surface area (Å²) in [6.45, 7) is 13.2. The van der Waals surface area contributed by atoms with Crippen molar-refractivity contribution in [2.24, 2.45) is 10.9 Å². The number of carbonyl (C=O) groups is 2. The summed E-state index contributed by atoms with van der Waals surface area (Å²) < 4.78 is 17.6. The van der Waals surface area contributed by atoms with Crippen LogP contribution in [-0.2, 0) is 19.7 Å². The summed E-state index contributed by atoms with van der Waals surface area (Å²) in [4.78, 5) is 37.2. The van der Waals surface area contributed by atoms with E-state index in [2.05, 4.69) is 19.2 Å². The Balaban J connectivity index is 1.85. The zero-order chi connectivity index (χ0) is 24.2. The van der Waals surface area contributed by atoms with Crippen LogP contribution < -0.4 is 5.32 Å². The lowest BCUT2D eigenvalue weighted by Crippen LogP contribution is -2.55. The number of thioether (sulfide) groups is 1. The van der Waals surface area contributed by atoms with E-state index in [1.54, 1.807) is 34.6 Å². The molecule has 0 radical (unpaired) electrons. The minimum Gasteiger partial charge on any atom is -0.443 e. The number of aliphatic imine (C=N–C) groups is 1. The molecule has 3 aliphatic rings. The van der Waals surface area contributed by atoms with Gasteiger partial charge in [0, 0.05) is 17.1 Å². The summed E-state index contributed by atoms with van der Waals surface area (Å²) in [7, 11) is 0. The molecule has 1 spiro atoms. The third kappa shape index (κ3) is 4.72. The zero-order valence-electron chi connectivity index (χ0n) is 20.2. The highest BCUT2D eigenvalue weighted by Gasteiger charge is 2.54. The molecule has 2 amide bonds. The highest BCUT2D eigenvalue weighted by atomic mass is 32.2. The number of aromatic nitrogens is 1. The second-order valence-electron chi connectivity index (χ2n) is 10.5. The highest BCUT2D eigenvalue weighted by Crippen LogP contribution is 2.51. The predicted octanol–water partition coefficient (Wildman–Crippen LogP) is 5.18. The van der Waals surface area contributed by atoms with Crippen molar-refractivity contribution < 1.29 is 23.8 Å². The Kier molecular flexibility index (Phi) is 5.98. The number of anilines is 1. The van der Waals surface area contributed by atoms with Crippen LogP contribution in [0.3, 0.4) is 0 Å². The monoisotopic (exact) mass is 496 g/mol. The number of hydrogen-bond donors (Lipinski definition) is 1. The number of fused-ring (bicyclic) bond motifs is 2. The first kappa shape index (κ1) is 24.3. The molecule has 9 nitrogen and oxygen atoms in total. The SMILES string of the molecule is CC[C@@]1(C)C[C@H]2CSC3=N[C@]2(CO1)c1nc(cs1)NC(C)(C)OC(=O)N3C(=O)OC(C)(C)C. The van der Waals surface area contributed by atoms with E-state index in [0.717, 1.165) is 22.7 Å². The molecule has 1 aromatic rings. The maximum atomic E-state index is 13.3. The second kappa shape index (κ2) is 8.13. The average Bonchev–Trinajstić information content (AvgIpc) is 3.14. The fraction of sp³-hybridized carbons (Fsp3) is 0.727. The number of cyclic esters (lactones) is 1. The van der Waals surface area contributed by atoms with Gasteiger partial charge >= 0.3 is 12.2 Å². The summed E-state index contributed by atoms with van der Waals surface area (Å²) in [5, 5.41) is 6.08. The molecule has 1 N–H and O–H groups in total. The predicted molar refractivity (Wildman–Crippen MR) is 129 cm³/mol. The Labute approximate surface area is 202 Å². The van der Waals surface area contributed by atoms with Crippen LogP contribution in [0.15, 0.2) is 10.4 Å². The first-order valence-corrected chi connectivity index (χ1v) is 13.0. The van der Waals surface area contributed by atoms with Gasteiger partial charge in [0.1, 0.15) is 22.0 Å². The van der Waals surface area contributed by atoms with Crippen LogP contribution in [0.2, 0.25) is 0 Å². The standard InChI is InChI=1S/C22H32N4O5S2/c1-8-21(7)9-13-10-33-16-25-22(13,12-29-21)15-23-14(11-32-15)24-20(5,6)31-18(28)26(16)17(27)30-19(2,3)4/h11,13,24H,8-10,12H2,1-7H3/t13-,21-,22-/m0/s1. The first-order chi connectivity index (χ1) is 15.3. The maximum absolute atomic E-state index is 13.3. The van der Waals surface area contributed by atoms with Gasteiger partial charge < -0.3 is 19.5 Å². The Hall–Kier alpha value is -1.85. The van der Waals surface area contributed by atoms with Gasteiger partial charge in [-0.25, -0.2) is 19.6 Å². The van der Waals surface area contributed by atoms with E-state index < -0.39 is 29.1 Å². The van der Waals surface area contributed by atoms with Gasteiger partial charge in [-0.05, 0) is 54.4 Å². The van der Waals surface area contributed by atoms with Crippen LogP contribution >= 0.6 is 23.1 Å². The lowest BCUT2D eigenvalue weighted by Gasteiger charge is -2.49. The minimum atomic E-state index is -1.12. The second-order valence-corrected chi connectivity index (χ2v) is 12.3. The Bertz CT molecular complexity index is 988. The van der Waals surface area contributed by atoms with E-state index in [0.29, 0.717) is 18.2 Å². The van der Waals surface area contributed by atoms with Gasteiger partial charge in [-0.3, -0.25) is 0 Å². The Morgan fingerprint density at radius 2 is 2.09 bits per heavy atom. The lowest BCUT2D eigenvalue weighted by atomic mass is 9.75. The molecule has 4 rings (SSSR count). The van der Waals surface area contributed by atoms with Gasteiger partial charge in [0.2, 0.25) is 0 Å². The molecule has 11 heteroatoms. The van der Waals surface area contributed by atoms with Crippen molar-refractivity contribution in [3.8, 4) is 0 Å². The maximum Gasteiger partial charge on any atom is 0.427 e. The van der Waals surface area contributed by atoms with Gasteiger partial charge in [-0.15, -0.1) is 11.3 Å². The molecule has 0 unspecified atom stereocenters. The van der Waals surface area contributed by atoms with Crippen LogP contribution in [0.4, 0.5) is 15.4 Å². The number of nitrogens with zero attached hydrogens (tertiary/aromatic N) is 3. The molecule has 4 bridgehead atoms. The number of amidine groups is 1. The number of hydrogen-bond acceptors (Lipinski definition) is 10. The van der Waals surface area contributed by atoms with Crippen molar-refractivity contribution in [3.05, 3.63) is 10.4 Å². The molecule has 33 heavy (non-hydrogen) atoms. The third-order valence-electron chi connectivity index (χ3n) is 6.05. The quantitative estimate of drug-likeness (QED) is 0.567. The van der Waals surface area contributed by atoms with Gasteiger partial charge in [0.15, 0.2) is 10.9 Å².